The molecule has 0 saturated carbocycles. The molecule has 1 atom stereocenters. The summed E-state index contributed by atoms with van der Waals surface area (Å²) in [6.07, 6.45) is 4.44. The molecule has 0 bridgehead atoms. The Morgan fingerprint density at radius 1 is 1.27 bits per heavy atom. The second kappa shape index (κ2) is 12.8. The summed E-state index contributed by atoms with van der Waals surface area (Å²) in [7, 11) is 0. The fraction of sp³-hybridized carbons (Fsp3) is 0.556. The number of amides is 2. The van der Waals surface area contributed by atoms with Gasteiger partial charge in [-0.25, -0.2) is 0 Å². The van der Waals surface area contributed by atoms with Gasteiger partial charge in [0, 0.05) is 6.04 Å². The fourth-order valence-electron chi connectivity index (χ4n) is 2.67. The summed E-state index contributed by atoms with van der Waals surface area (Å²) in [6, 6.07) is 8.83. The first-order valence-corrected chi connectivity index (χ1v) is 10.1. The minimum Gasteiger partial charge on any atom is -0.484 e. The van der Waals surface area contributed by atoms with Gasteiger partial charge in [0.15, 0.2) is 6.61 Å². The summed E-state index contributed by atoms with van der Waals surface area (Å²) in [5.74, 6) is 1.06. The van der Waals surface area contributed by atoms with Gasteiger partial charge < -0.3 is 20.7 Å². The lowest BCUT2D eigenvalue weighted by Crippen LogP contribution is -2.52. The molecule has 2 rings (SSSR count). The Balaban J connectivity index is 0.00000338. The van der Waals surface area contributed by atoms with Gasteiger partial charge in [-0.2, -0.15) is 11.8 Å². The predicted octanol–water partition coefficient (Wildman–Crippen LogP) is 1.59. The van der Waals surface area contributed by atoms with Gasteiger partial charge in [0.2, 0.25) is 5.91 Å². The number of ether oxygens (including phenoxy) is 1. The van der Waals surface area contributed by atoms with Crippen molar-refractivity contribution in [3.63, 3.8) is 0 Å². The lowest BCUT2D eigenvalue weighted by molar-refractivity contribution is -0.130. The third-order valence-electron chi connectivity index (χ3n) is 4.06. The third-order valence-corrected chi connectivity index (χ3v) is 4.70. The molecular formula is C18H28ClN3O3S. The number of benzene rings is 1. The van der Waals surface area contributed by atoms with Crippen molar-refractivity contribution in [3.8, 4) is 5.75 Å². The lowest BCUT2D eigenvalue weighted by atomic mass is 10.1. The maximum atomic E-state index is 12.5. The highest BCUT2D eigenvalue weighted by molar-refractivity contribution is 7.98. The van der Waals surface area contributed by atoms with Crippen LogP contribution in [0.25, 0.3) is 0 Å². The molecular weight excluding hydrogens is 374 g/mol. The quantitative estimate of drug-likeness (QED) is 0.585. The van der Waals surface area contributed by atoms with E-state index < -0.39 is 6.04 Å². The van der Waals surface area contributed by atoms with Crippen molar-refractivity contribution in [1.29, 1.82) is 0 Å². The third kappa shape index (κ3) is 8.29. The molecule has 0 aliphatic carbocycles. The van der Waals surface area contributed by atoms with Crippen LogP contribution in [0, 0.1) is 0 Å². The normalized spacial score (nSPS) is 15.4. The Hall–Kier alpha value is -1.44. The van der Waals surface area contributed by atoms with Crippen LogP contribution in [-0.2, 0) is 9.59 Å². The zero-order valence-corrected chi connectivity index (χ0v) is 16.7. The monoisotopic (exact) mass is 401 g/mol. The van der Waals surface area contributed by atoms with Crippen molar-refractivity contribution in [2.75, 3.05) is 31.7 Å². The van der Waals surface area contributed by atoms with Gasteiger partial charge in [0.05, 0.1) is 0 Å². The molecule has 3 N–H and O–H groups in total. The van der Waals surface area contributed by atoms with Gasteiger partial charge in [-0.3, -0.25) is 9.59 Å². The van der Waals surface area contributed by atoms with E-state index in [-0.39, 0.29) is 36.9 Å². The molecule has 2 amide bonds. The zero-order valence-electron chi connectivity index (χ0n) is 15.0. The second-order valence-electron chi connectivity index (χ2n) is 6.04. The number of para-hydroxylation sites is 1. The Kier molecular flexibility index (Phi) is 11.2. The number of carbonyl (C=O) groups is 2. The summed E-state index contributed by atoms with van der Waals surface area (Å²) in [5, 5.41) is 9.14. The molecule has 0 spiro atoms. The highest BCUT2D eigenvalue weighted by Crippen LogP contribution is 2.08. The van der Waals surface area contributed by atoms with Crippen molar-refractivity contribution in [2.45, 2.75) is 31.3 Å². The molecule has 1 heterocycles. The zero-order chi connectivity index (χ0) is 17.9. The van der Waals surface area contributed by atoms with Crippen LogP contribution in [-0.4, -0.2) is 55.6 Å². The topological polar surface area (TPSA) is 79.5 Å². The fourth-order valence-corrected chi connectivity index (χ4v) is 3.15. The molecule has 146 valence electrons. The van der Waals surface area contributed by atoms with Crippen molar-refractivity contribution >= 4 is 36.0 Å². The van der Waals surface area contributed by atoms with Crippen LogP contribution in [0.15, 0.2) is 30.3 Å². The van der Waals surface area contributed by atoms with E-state index in [0.717, 1.165) is 31.7 Å². The van der Waals surface area contributed by atoms with Gasteiger partial charge in [-0.15, -0.1) is 12.4 Å². The molecule has 1 saturated heterocycles. The van der Waals surface area contributed by atoms with Crippen molar-refractivity contribution in [1.82, 2.24) is 16.0 Å². The number of thioether (sulfide) groups is 1. The van der Waals surface area contributed by atoms with E-state index in [2.05, 4.69) is 16.0 Å². The minimum atomic E-state index is -0.519. The van der Waals surface area contributed by atoms with E-state index in [1.807, 2.05) is 24.5 Å². The van der Waals surface area contributed by atoms with E-state index in [9.17, 15) is 9.59 Å². The van der Waals surface area contributed by atoms with Gasteiger partial charge >= 0.3 is 0 Å². The Bertz CT molecular complexity index is 542. The number of halogens is 1. The summed E-state index contributed by atoms with van der Waals surface area (Å²) >= 11 is 1.66. The maximum Gasteiger partial charge on any atom is 0.258 e. The number of carbonyl (C=O) groups excluding carboxylic acids is 2. The van der Waals surface area contributed by atoms with E-state index in [4.69, 9.17) is 4.74 Å². The van der Waals surface area contributed by atoms with Crippen LogP contribution in [0.1, 0.15) is 19.3 Å². The lowest BCUT2D eigenvalue weighted by Gasteiger charge is -2.26. The van der Waals surface area contributed by atoms with Crippen molar-refractivity contribution < 1.29 is 14.3 Å². The average molecular weight is 402 g/mol. The second-order valence-corrected chi connectivity index (χ2v) is 7.02. The highest BCUT2D eigenvalue weighted by Gasteiger charge is 2.24. The van der Waals surface area contributed by atoms with Crippen LogP contribution in [0.5, 0.6) is 5.75 Å². The number of hydrogen-bond donors (Lipinski definition) is 3. The first-order valence-electron chi connectivity index (χ1n) is 8.66. The van der Waals surface area contributed by atoms with Crippen LogP contribution < -0.4 is 20.7 Å². The van der Waals surface area contributed by atoms with Gasteiger partial charge in [0.25, 0.3) is 5.91 Å². The SMILES string of the molecule is CSCCC(NC(=O)COc1ccccc1)C(=O)NC1CCNCC1.Cl. The number of rotatable bonds is 9. The van der Waals surface area contributed by atoms with Gasteiger partial charge in [-0.1, -0.05) is 18.2 Å². The first-order chi connectivity index (χ1) is 12.2. The number of hydrogen-bond acceptors (Lipinski definition) is 5. The molecule has 1 unspecified atom stereocenters. The number of nitrogens with one attached hydrogen (secondary N) is 3. The van der Waals surface area contributed by atoms with Crippen LogP contribution in [0.3, 0.4) is 0 Å². The standard InChI is InChI=1S/C18H27N3O3S.ClH/c1-25-12-9-16(18(23)20-14-7-10-19-11-8-14)21-17(22)13-24-15-5-3-2-4-6-15;/h2-6,14,16,19H,7-13H2,1H3,(H,20,23)(H,21,22);1H. The predicted molar refractivity (Wildman–Crippen MR) is 108 cm³/mol. The highest BCUT2D eigenvalue weighted by atomic mass is 35.5. The van der Waals surface area contributed by atoms with Gasteiger partial charge in [-0.05, 0) is 56.5 Å². The van der Waals surface area contributed by atoms with Crippen molar-refractivity contribution in [2.24, 2.45) is 0 Å². The van der Waals surface area contributed by atoms with Crippen LogP contribution in [0.4, 0.5) is 0 Å². The molecule has 0 aromatic heterocycles. The summed E-state index contributed by atoms with van der Waals surface area (Å²) in [6.45, 7) is 1.73. The Labute approximate surface area is 165 Å². The maximum absolute atomic E-state index is 12.5. The summed E-state index contributed by atoms with van der Waals surface area (Å²) in [4.78, 5) is 24.7. The first kappa shape index (κ1) is 22.6. The Morgan fingerprint density at radius 3 is 2.62 bits per heavy atom. The molecule has 0 radical (unpaired) electrons. The van der Waals surface area contributed by atoms with Crippen LogP contribution >= 0.6 is 24.2 Å². The van der Waals surface area contributed by atoms with Gasteiger partial charge in [0.1, 0.15) is 11.8 Å². The molecule has 1 fully saturated rings. The average Bonchev–Trinajstić information content (AvgIpc) is 2.65. The summed E-state index contributed by atoms with van der Waals surface area (Å²) < 4.78 is 5.45. The molecule has 6 nitrogen and oxygen atoms in total. The van der Waals surface area contributed by atoms with E-state index in [1.54, 1.807) is 23.9 Å². The molecule has 1 aliphatic rings. The molecule has 1 aromatic carbocycles. The molecule has 1 aliphatic heterocycles. The van der Waals surface area contributed by atoms with E-state index >= 15 is 0 Å². The Morgan fingerprint density at radius 2 is 1.96 bits per heavy atom. The molecule has 1 aromatic rings. The van der Waals surface area contributed by atoms with E-state index in [0.29, 0.717) is 12.2 Å². The molecule has 26 heavy (non-hydrogen) atoms. The molecule has 8 heteroatoms. The summed E-state index contributed by atoms with van der Waals surface area (Å²) in [5.41, 5.74) is 0. The smallest absolute Gasteiger partial charge is 0.258 e. The minimum absolute atomic E-state index is 0. The largest absolute Gasteiger partial charge is 0.484 e. The van der Waals surface area contributed by atoms with Crippen molar-refractivity contribution in [3.05, 3.63) is 30.3 Å². The number of piperidine rings is 1. The van der Waals surface area contributed by atoms with E-state index in [1.165, 1.54) is 0 Å². The van der Waals surface area contributed by atoms with Crippen LogP contribution in [0.2, 0.25) is 0 Å².